The van der Waals surface area contributed by atoms with Crippen LogP contribution >= 0.6 is 0 Å². The van der Waals surface area contributed by atoms with Crippen LogP contribution in [0, 0.1) is 11.3 Å². The maximum Gasteiger partial charge on any atom is 0.354 e. The van der Waals surface area contributed by atoms with Crippen molar-refractivity contribution in [1.82, 2.24) is 0 Å². The normalized spacial score (nSPS) is 29.8. The molecule has 96 valence electrons. The van der Waals surface area contributed by atoms with Crippen LogP contribution in [0.2, 0.25) is 0 Å². The Morgan fingerprint density at radius 2 is 2.18 bits per heavy atom. The van der Waals surface area contributed by atoms with Gasteiger partial charge in [-0.2, -0.15) is 0 Å². The number of carbonyl (C=O) groups excluding carboxylic acids is 1. The van der Waals surface area contributed by atoms with Crippen molar-refractivity contribution in [3.8, 4) is 0 Å². The van der Waals surface area contributed by atoms with Crippen molar-refractivity contribution in [2.24, 2.45) is 16.5 Å². The van der Waals surface area contributed by atoms with Crippen LogP contribution in [0.25, 0.3) is 0 Å². The molecule has 0 aromatic rings. The minimum atomic E-state index is -0.859. The van der Waals surface area contributed by atoms with Crippen molar-refractivity contribution in [3.05, 3.63) is 0 Å². The third kappa shape index (κ3) is 1.83. The molecule has 1 saturated carbocycles. The molecule has 0 bridgehead atoms. The predicted octanol–water partition coefficient (Wildman–Crippen LogP) is 2.52. The van der Waals surface area contributed by atoms with Crippen LogP contribution in [0.4, 0.5) is 0 Å². The Morgan fingerprint density at radius 1 is 1.53 bits per heavy atom. The number of nitrogens with zero attached hydrogens (tertiary/aromatic N) is 1. The number of hydrogen-bond donors (Lipinski definition) is 0. The lowest BCUT2D eigenvalue weighted by atomic mass is 9.80. The maximum absolute atomic E-state index is 12.2. The Hall–Kier alpha value is -1.06. The van der Waals surface area contributed by atoms with Crippen LogP contribution in [-0.4, -0.2) is 23.9 Å². The molecule has 1 atom stereocenters. The van der Waals surface area contributed by atoms with Gasteiger partial charge in [0, 0.05) is 11.8 Å². The minimum absolute atomic E-state index is 0.0978. The molecule has 1 heterocycles. The van der Waals surface area contributed by atoms with Gasteiger partial charge in [-0.3, -0.25) is 0 Å². The third-order valence-corrected chi connectivity index (χ3v) is 4.00. The van der Waals surface area contributed by atoms with Gasteiger partial charge in [0.2, 0.25) is 5.60 Å². The lowest BCUT2D eigenvalue weighted by Crippen LogP contribution is -2.48. The van der Waals surface area contributed by atoms with Gasteiger partial charge in [0.05, 0.1) is 12.3 Å². The van der Waals surface area contributed by atoms with Crippen molar-refractivity contribution in [1.29, 1.82) is 0 Å². The molecule has 0 saturated heterocycles. The topological polar surface area (TPSA) is 47.9 Å². The van der Waals surface area contributed by atoms with Gasteiger partial charge in [0.1, 0.15) is 0 Å². The second-order valence-corrected chi connectivity index (χ2v) is 5.61. The van der Waals surface area contributed by atoms with Gasteiger partial charge in [-0.05, 0) is 25.7 Å². The van der Waals surface area contributed by atoms with E-state index in [2.05, 4.69) is 25.9 Å². The average Bonchev–Trinajstić information content (AvgIpc) is 2.86. The van der Waals surface area contributed by atoms with E-state index in [4.69, 9.17) is 9.57 Å². The Kier molecular flexibility index (Phi) is 2.92. The highest BCUT2D eigenvalue weighted by Crippen LogP contribution is 2.58. The molecular weight excluding hydrogens is 218 g/mol. The van der Waals surface area contributed by atoms with Crippen LogP contribution in [-0.2, 0) is 14.4 Å². The molecule has 1 fully saturated rings. The van der Waals surface area contributed by atoms with Crippen molar-refractivity contribution < 1.29 is 14.4 Å². The van der Waals surface area contributed by atoms with E-state index in [1.165, 1.54) is 0 Å². The summed E-state index contributed by atoms with van der Waals surface area (Å²) in [5, 5.41) is 4.11. The Balaban J connectivity index is 2.21. The molecule has 1 aliphatic carbocycles. The van der Waals surface area contributed by atoms with Gasteiger partial charge in [-0.25, -0.2) is 4.79 Å². The predicted molar refractivity (Wildman–Crippen MR) is 64.7 cm³/mol. The summed E-state index contributed by atoms with van der Waals surface area (Å²) in [5.41, 5.74) is 0.00771. The molecule has 1 aliphatic heterocycles. The zero-order valence-corrected chi connectivity index (χ0v) is 11.1. The largest absolute Gasteiger partial charge is 0.463 e. The molecule has 0 radical (unpaired) electrons. The first-order valence-electron chi connectivity index (χ1n) is 6.37. The van der Waals surface area contributed by atoms with Crippen LogP contribution in [0.15, 0.2) is 5.16 Å². The highest BCUT2D eigenvalue weighted by molar-refractivity contribution is 5.95. The monoisotopic (exact) mass is 239 g/mol. The van der Waals surface area contributed by atoms with E-state index >= 15 is 0 Å². The fourth-order valence-electron chi connectivity index (χ4n) is 2.28. The number of hydrogen-bond acceptors (Lipinski definition) is 4. The molecule has 4 heteroatoms. The summed E-state index contributed by atoms with van der Waals surface area (Å²) >= 11 is 0. The van der Waals surface area contributed by atoms with Gasteiger partial charge in [-0.15, -0.1) is 0 Å². The van der Waals surface area contributed by atoms with Gasteiger partial charge in [-0.1, -0.05) is 25.9 Å². The quantitative estimate of drug-likeness (QED) is 0.708. The second-order valence-electron chi connectivity index (χ2n) is 5.61. The number of carbonyl (C=O) groups is 1. The summed E-state index contributed by atoms with van der Waals surface area (Å²) in [5.74, 6) is 0.0630. The van der Waals surface area contributed by atoms with E-state index in [-0.39, 0.29) is 11.4 Å². The number of rotatable bonds is 4. The molecule has 0 aromatic carbocycles. The molecular formula is C13H21NO3. The summed E-state index contributed by atoms with van der Waals surface area (Å²) in [4.78, 5) is 17.8. The van der Waals surface area contributed by atoms with E-state index in [9.17, 15) is 4.79 Å². The molecule has 0 amide bonds. The summed E-state index contributed by atoms with van der Waals surface area (Å²) < 4.78 is 5.19. The molecule has 0 aromatic heterocycles. The van der Waals surface area contributed by atoms with E-state index in [1.54, 1.807) is 0 Å². The smallest absolute Gasteiger partial charge is 0.354 e. The lowest BCUT2D eigenvalue weighted by Gasteiger charge is -2.30. The van der Waals surface area contributed by atoms with Gasteiger partial charge in [0.15, 0.2) is 0 Å². The fourth-order valence-corrected chi connectivity index (χ4v) is 2.28. The summed E-state index contributed by atoms with van der Waals surface area (Å²) in [6.07, 6.45) is 2.60. The highest BCUT2D eigenvalue weighted by Gasteiger charge is 2.66. The molecule has 0 N–H and O–H groups in total. The lowest BCUT2D eigenvalue weighted by molar-refractivity contribution is -0.178. The molecule has 4 nitrogen and oxygen atoms in total. The van der Waals surface area contributed by atoms with Crippen LogP contribution in [0.3, 0.4) is 0 Å². The van der Waals surface area contributed by atoms with Gasteiger partial charge in [0.25, 0.3) is 0 Å². The van der Waals surface area contributed by atoms with Crippen molar-refractivity contribution >= 4 is 11.7 Å². The van der Waals surface area contributed by atoms with Crippen LogP contribution in [0.5, 0.6) is 0 Å². The zero-order valence-electron chi connectivity index (χ0n) is 11.1. The number of oxime groups is 1. The fraction of sp³-hybridized carbons (Fsp3) is 0.846. The number of ether oxygens (including phenoxy) is 1. The first-order valence-corrected chi connectivity index (χ1v) is 6.37. The summed E-state index contributed by atoms with van der Waals surface area (Å²) in [7, 11) is 0. The van der Waals surface area contributed by atoms with Crippen molar-refractivity contribution in [3.63, 3.8) is 0 Å². The first kappa shape index (κ1) is 12.4. The Morgan fingerprint density at radius 3 is 2.59 bits per heavy atom. The minimum Gasteiger partial charge on any atom is -0.463 e. The molecule has 17 heavy (non-hydrogen) atoms. The van der Waals surface area contributed by atoms with Gasteiger partial charge >= 0.3 is 5.97 Å². The van der Waals surface area contributed by atoms with Crippen LogP contribution in [0.1, 0.15) is 47.0 Å². The summed E-state index contributed by atoms with van der Waals surface area (Å²) in [6, 6.07) is 0. The van der Waals surface area contributed by atoms with Gasteiger partial charge < -0.3 is 9.57 Å². The molecule has 2 aliphatic rings. The second kappa shape index (κ2) is 4.00. The SMILES string of the molecule is CCOC(=O)C1(C2(C)CC2)CC(C(C)C)=NO1. The zero-order chi connectivity index (χ0) is 12.7. The highest BCUT2D eigenvalue weighted by atomic mass is 16.7. The molecule has 0 spiro atoms. The first-order chi connectivity index (χ1) is 7.95. The Labute approximate surface area is 102 Å². The van der Waals surface area contributed by atoms with Crippen LogP contribution < -0.4 is 0 Å². The third-order valence-electron chi connectivity index (χ3n) is 4.00. The van der Waals surface area contributed by atoms with E-state index in [0.717, 1.165) is 18.6 Å². The average molecular weight is 239 g/mol. The van der Waals surface area contributed by atoms with Crippen molar-refractivity contribution in [2.75, 3.05) is 6.61 Å². The van der Waals surface area contributed by atoms with E-state index < -0.39 is 5.60 Å². The molecule has 1 unspecified atom stereocenters. The maximum atomic E-state index is 12.2. The number of esters is 1. The Bertz CT molecular complexity index is 358. The molecule has 2 rings (SSSR count). The standard InChI is InChI=1S/C13H21NO3/c1-5-16-11(15)13(12(4)6-7-12)8-10(9(2)3)14-17-13/h9H,5-8H2,1-4H3. The van der Waals surface area contributed by atoms with Crippen molar-refractivity contribution in [2.45, 2.75) is 52.6 Å². The van der Waals surface area contributed by atoms with E-state index in [0.29, 0.717) is 18.9 Å². The summed E-state index contributed by atoms with van der Waals surface area (Å²) in [6.45, 7) is 8.43. The van der Waals surface area contributed by atoms with E-state index in [1.807, 2.05) is 6.92 Å².